The van der Waals surface area contributed by atoms with Gasteiger partial charge in [-0.25, -0.2) is 4.39 Å². The van der Waals surface area contributed by atoms with Crippen molar-refractivity contribution in [3.8, 4) is 0 Å². The van der Waals surface area contributed by atoms with E-state index in [1.165, 1.54) is 12.1 Å². The molecule has 3 atom stereocenters. The number of rotatable bonds is 5. The fraction of sp³-hybridized carbons (Fsp3) is 0.467. The third-order valence-corrected chi connectivity index (χ3v) is 3.80. The standard InChI is InChI=1S/C15H21FN2O/c1-9(8-19)10(2)18-11(3)14-7-17-15-6-12(16)4-5-13(14)15/h4-7,9-11,17-19H,8H2,1-3H3. The second kappa shape index (κ2) is 5.72. The molecule has 0 fully saturated rings. The molecule has 0 aliphatic carbocycles. The molecule has 2 rings (SSSR count). The maximum absolute atomic E-state index is 13.1. The number of benzene rings is 1. The highest BCUT2D eigenvalue weighted by molar-refractivity contribution is 5.83. The lowest BCUT2D eigenvalue weighted by molar-refractivity contribution is 0.202. The first-order valence-electron chi connectivity index (χ1n) is 6.66. The number of H-pyrrole nitrogens is 1. The molecule has 0 aliphatic heterocycles. The number of fused-ring (bicyclic) bond motifs is 1. The van der Waals surface area contributed by atoms with Crippen LogP contribution in [0, 0.1) is 11.7 Å². The third kappa shape index (κ3) is 2.96. The van der Waals surface area contributed by atoms with Crippen molar-refractivity contribution in [2.24, 2.45) is 5.92 Å². The topological polar surface area (TPSA) is 48.0 Å². The van der Waals surface area contributed by atoms with Crippen LogP contribution < -0.4 is 5.32 Å². The second-order valence-electron chi connectivity index (χ2n) is 5.27. The lowest BCUT2D eigenvalue weighted by atomic mass is 10.0. The van der Waals surface area contributed by atoms with E-state index in [0.717, 1.165) is 16.5 Å². The minimum absolute atomic E-state index is 0.142. The lowest BCUT2D eigenvalue weighted by Crippen LogP contribution is -2.35. The number of aromatic amines is 1. The zero-order valence-electron chi connectivity index (χ0n) is 11.6. The van der Waals surface area contributed by atoms with Gasteiger partial charge in [0.2, 0.25) is 0 Å². The quantitative estimate of drug-likeness (QED) is 0.777. The van der Waals surface area contributed by atoms with Gasteiger partial charge in [0.1, 0.15) is 5.82 Å². The fourth-order valence-electron chi connectivity index (χ4n) is 2.29. The van der Waals surface area contributed by atoms with Crippen LogP contribution in [-0.2, 0) is 0 Å². The summed E-state index contributed by atoms with van der Waals surface area (Å²) in [6.45, 7) is 6.31. The zero-order valence-corrected chi connectivity index (χ0v) is 11.6. The summed E-state index contributed by atoms with van der Waals surface area (Å²) in [5.74, 6) is -0.0334. The predicted octanol–water partition coefficient (Wildman–Crippen LogP) is 2.97. The Labute approximate surface area is 112 Å². The van der Waals surface area contributed by atoms with Gasteiger partial charge in [-0.3, -0.25) is 0 Å². The molecule has 0 saturated carbocycles. The Kier molecular flexibility index (Phi) is 4.22. The van der Waals surface area contributed by atoms with E-state index in [9.17, 15) is 4.39 Å². The first kappa shape index (κ1) is 14.0. The minimum Gasteiger partial charge on any atom is -0.396 e. The SMILES string of the molecule is CC(NC(C)C(C)CO)c1c[nH]c2cc(F)ccc12. The molecule has 1 heterocycles. The highest BCUT2D eigenvalue weighted by atomic mass is 19.1. The number of aromatic nitrogens is 1. The summed E-state index contributed by atoms with van der Waals surface area (Å²) in [5, 5.41) is 13.7. The predicted molar refractivity (Wildman–Crippen MR) is 75.5 cm³/mol. The molecular weight excluding hydrogens is 243 g/mol. The number of halogens is 1. The smallest absolute Gasteiger partial charge is 0.125 e. The molecule has 0 aliphatic rings. The Hall–Kier alpha value is -1.39. The van der Waals surface area contributed by atoms with Gasteiger partial charge in [0.15, 0.2) is 0 Å². The minimum atomic E-state index is -0.233. The van der Waals surface area contributed by atoms with Gasteiger partial charge < -0.3 is 15.4 Å². The molecule has 3 unspecified atom stereocenters. The molecule has 1 aromatic heterocycles. The van der Waals surface area contributed by atoms with Crippen molar-refractivity contribution < 1.29 is 9.50 Å². The summed E-state index contributed by atoms with van der Waals surface area (Å²) >= 11 is 0. The molecule has 4 heteroatoms. The van der Waals surface area contributed by atoms with Crippen molar-refractivity contribution in [3.05, 3.63) is 35.8 Å². The van der Waals surface area contributed by atoms with Crippen molar-refractivity contribution in [1.29, 1.82) is 0 Å². The molecular formula is C15H21FN2O. The van der Waals surface area contributed by atoms with Crippen LogP contribution in [0.2, 0.25) is 0 Å². The molecule has 3 N–H and O–H groups in total. The van der Waals surface area contributed by atoms with Gasteiger partial charge in [0.05, 0.1) is 0 Å². The molecule has 0 amide bonds. The van der Waals surface area contributed by atoms with E-state index in [2.05, 4.69) is 24.1 Å². The van der Waals surface area contributed by atoms with Crippen molar-refractivity contribution in [1.82, 2.24) is 10.3 Å². The van der Waals surface area contributed by atoms with Gasteiger partial charge in [-0.2, -0.15) is 0 Å². The van der Waals surface area contributed by atoms with Gasteiger partial charge in [-0.15, -0.1) is 0 Å². The molecule has 19 heavy (non-hydrogen) atoms. The monoisotopic (exact) mass is 264 g/mol. The van der Waals surface area contributed by atoms with Crippen LogP contribution in [-0.4, -0.2) is 22.7 Å². The van der Waals surface area contributed by atoms with E-state index in [0.29, 0.717) is 0 Å². The molecule has 3 nitrogen and oxygen atoms in total. The van der Waals surface area contributed by atoms with Crippen LogP contribution in [0.5, 0.6) is 0 Å². The van der Waals surface area contributed by atoms with Gasteiger partial charge in [-0.05, 0) is 43.5 Å². The zero-order chi connectivity index (χ0) is 14.0. The van der Waals surface area contributed by atoms with Crippen LogP contribution in [0.15, 0.2) is 24.4 Å². The molecule has 1 aromatic carbocycles. The lowest BCUT2D eigenvalue weighted by Gasteiger charge is -2.24. The van der Waals surface area contributed by atoms with E-state index >= 15 is 0 Å². The average Bonchev–Trinajstić information content (AvgIpc) is 2.80. The summed E-state index contributed by atoms with van der Waals surface area (Å²) in [4.78, 5) is 3.10. The Morgan fingerprint density at radius 3 is 2.74 bits per heavy atom. The maximum atomic E-state index is 13.1. The van der Waals surface area contributed by atoms with E-state index in [-0.39, 0.29) is 30.4 Å². The van der Waals surface area contributed by atoms with Crippen molar-refractivity contribution in [3.63, 3.8) is 0 Å². The maximum Gasteiger partial charge on any atom is 0.125 e. The Morgan fingerprint density at radius 1 is 1.32 bits per heavy atom. The van der Waals surface area contributed by atoms with E-state index in [1.54, 1.807) is 6.07 Å². The summed E-state index contributed by atoms with van der Waals surface area (Å²) < 4.78 is 13.1. The number of nitrogens with one attached hydrogen (secondary N) is 2. The summed E-state index contributed by atoms with van der Waals surface area (Å²) in [5.41, 5.74) is 1.93. The number of aliphatic hydroxyl groups excluding tert-OH is 1. The molecule has 2 aromatic rings. The van der Waals surface area contributed by atoms with Gasteiger partial charge in [-0.1, -0.05) is 6.92 Å². The molecule has 0 spiro atoms. The number of aliphatic hydroxyl groups is 1. The van der Waals surface area contributed by atoms with E-state index in [1.807, 2.05) is 13.1 Å². The molecule has 104 valence electrons. The summed E-state index contributed by atoms with van der Waals surface area (Å²) in [7, 11) is 0. The number of hydrogen-bond acceptors (Lipinski definition) is 2. The Balaban J connectivity index is 2.20. The Morgan fingerprint density at radius 2 is 2.05 bits per heavy atom. The highest BCUT2D eigenvalue weighted by Crippen LogP contribution is 2.25. The summed E-state index contributed by atoms with van der Waals surface area (Å²) in [6, 6.07) is 5.14. The van der Waals surface area contributed by atoms with E-state index in [4.69, 9.17) is 5.11 Å². The van der Waals surface area contributed by atoms with Gasteiger partial charge in [0.25, 0.3) is 0 Å². The first-order chi connectivity index (χ1) is 9.02. The van der Waals surface area contributed by atoms with E-state index < -0.39 is 0 Å². The average molecular weight is 264 g/mol. The van der Waals surface area contributed by atoms with Crippen LogP contribution in [0.25, 0.3) is 10.9 Å². The normalized spacial score (nSPS) is 16.5. The Bertz CT molecular complexity index is 552. The molecule has 0 saturated heterocycles. The van der Waals surface area contributed by atoms with Gasteiger partial charge in [0, 0.05) is 35.8 Å². The van der Waals surface area contributed by atoms with Crippen LogP contribution in [0.1, 0.15) is 32.4 Å². The summed E-state index contributed by atoms with van der Waals surface area (Å²) in [6.07, 6.45) is 1.91. The number of hydrogen-bond donors (Lipinski definition) is 3. The van der Waals surface area contributed by atoms with Crippen LogP contribution in [0.4, 0.5) is 4.39 Å². The third-order valence-electron chi connectivity index (χ3n) is 3.80. The molecule has 0 radical (unpaired) electrons. The van der Waals surface area contributed by atoms with Crippen molar-refractivity contribution >= 4 is 10.9 Å². The second-order valence-corrected chi connectivity index (χ2v) is 5.27. The van der Waals surface area contributed by atoms with Crippen molar-refractivity contribution in [2.45, 2.75) is 32.9 Å². The van der Waals surface area contributed by atoms with Gasteiger partial charge >= 0.3 is 0 Å². The fourth-order valence-corrected chi connectivity index (χ4v) is 2.29. The van der Waals surface area contributed by atoms with Crippen molar-refractivity contribution in [2.75, 3.05) is 6.61 Å². The molecule has 0 bridgehead atoms. The first-order valence-corrected chi connectivity index (χ1v) is 6.66. The van der Waals surface area contributed by atoms with Crippen LogP contribution >= 0.6 is 0 Å². The highest BCUT2D eigenvalue weighted by Gasteiger charge is 2.17. The largest absolute Gasteiger partial charge is 0.396 e. The van der Waals surface area contributed by atoms with Crippen LogP contribution in [0.3, 0.4) is 0 Å².